The maximum absolute atomic E-state index is 12.2. The Hall–Kier alpha value is -3.45. The van der Waals surface area contributed by atoms with E-state index in [0.717, 1.165) is 12.0 Å². The summed E-state index contributed by atoms with van der Waals surface area (Å²) in [4.78, 5) is 36.9. The van der Waals surface area contributed by atoms with E-state index in [4.69, 9.17) is 0 Å². The van der Waals surface area contributed by atoms with Gasteiger partial charge in [-0.2, -0.15) is 0 Å². The highest BCUT2D eigenvalue weighted by molar-refractivity contribution is 7.12. The Bertz CT molecular complexity index is 965. The van der Waals surface area contributed by atoms with Crippen LogP contribution in [0.4, 0.5) is 5.69 Å². The van der Waals surface area contributed by atoms with E-state index < -0.39 is 11.8 Å². The number of anilines is 1. The Labute approximate surface area is 166 Å². The average Bonchev–Trinajstić information content (AvgIpc) is 3.27. The molecule has 6 nitrogen and oxygen atoms in total. The fourth-order valence-corrected chi connectivity index (χ4v) is 3.07. The summed E-state index contributed by atoms with van der Waals surface area (Å²) < 4.78 is 0. The summed E-state index contributed by atoms with van der Waals surface area (Å²) in [5.41, 5.74) is 7.31. The lowest BCUT2D eigenvalue weighted by atomic mass is 10.1. The van der Waals surface area contributed by atoms with E-state index in [9.17, 15) is 14.4 Å². The molecule has 0 saturated carbocycles. The van der Waals surface area contributed by atoms with E-state index in [2.05, 4.69) is 16.2 Å². The zero-order valence-corrected chi connectivity index (χ0v) is 16.0. The minimum absolute atomic E-state index is 0.200. The van der Waals surface area contributed by atoms with Gasteiger partial charge in [0.2, 0.25) is 0 Å². The molecule has 3 amide bonds. The first-order valence-corrected chi connectivity index (χ1v) is 9.59. The third-order valence-electron chi connectivity index (χ3n) is 4.06. The van der Waals surface area contributed by atoms with Crippen LogP contribution in [0.15, 0.2) is 66.0 Å². The molecule has 0 aliphatic carbocycles. The molecule has 3 aromatic rings. The minimum atomic E-state index is -0.449. The highest BCUT2D eigenvalue weighted by Gasteiger charge is 2.10. The van der Waals surface area contributed by atoms with Crippen molar-refractivity contribution in [2.45, 2.75) is 13.3 Å². The second-order valence-corrected chi connectivity index (χ2v) is 6.92. The first-order chi connectivity index (χ1) is 13.6. The van der Waals surface area contributed by atoms with Crippen molar-refractivity contribution < 1.29 is 14.4 Å². The molecule has 7 heteroatoms. The van der Waals surface area contributed by atoms with Crippen molar-refractivity contribution in [3.05, 3.63) is 87.6 Å². The molecule has 0 atom stereocenters. The summed E-state index contributed by atoms with van der Waals surface area (Å²) >= 11 is 1.35. The third kappa shape index (κ3) is 4.83. The molecule has 3 rings (SSSR count). The fraction of sp³-hybridized carbons (Fsp3) is 0.0952. The summed E-state index contributed by atoms with van der Waals surface area (Å²) in [6.07, 6.45) is 0.891. The van der Waals surface area contributed by atoms with E-state index in [-0.39, 0.29) is 5.91 Å². The molecule has 0 saturated heterocycles. The van der Waals surface area contributed by atoms with Gasteiger partial charge in [0.05, 0.1) is 4.88 Å². The Morgan fingerprint density at radius 3 is 1.86 bits per heavy atom. The number of thiophene rings is 1. The number of benzene rings is 2. The summed E-state index contributed by atoms with van der Waals surface area (Å²) in [5, 5.41) is 4.59. The maximum Gasteiger partial charge on any atom is 0.269 e. The van der Waals surface area contributed by atoms with Gasteiger partial charge in [0.1, 0.15) is 0 Å². The molecular formula is C21H19N3O3S. The van der Waals surface area contributed by atoms with E-state index in [1.807, 2.05) is 24.4 Å². The van der Waals surface area contributed by atoms with Gasteiger partial charge in [0.25, 0.3) is 17.7 Å². The molecule has 0 unspecified atom stereocenters. The number of amides is 3. The van der Waals surface area contributed by atoms with Crippen molar-refractivity contribution in [2.75, 3.05) is 5.32 Å². The summed E-state index contributed by atoms with van der Waals surface area (Å²) in [5.74, 6) is -1.04. The molecule has 1 aromatic heterocycles. The lowest BCUT2D eigenvalue weighted by Crippen LogP contribution is -2.41. The van der Waals surface area contributed by atoms with Crippen LogP contribution in [0, 0.1) is 0 Å². The number of nitrogens with one attached hydrogen (secondary N) is 3. The van der Waals surface area contributed by atoms with Crippen molar-refractivity contribution in [2.24, 2.45) is 0 Å². The average molecular weight is 393 g/mol. The molecule has 0 spiro atoms. The van der Waals surface area contributed by atoms with Crippen molar-refractivity contribution >= 4 is 34.7 Å². The normalized spacial score (nSPS) is 10.2. The van der Waals surface area contributed by atoms with Crippen molar-refractivity contribution in [1.82, 2.24) is 10.9 Å². The van der Waals surface area contributed by atoms with Crippen LogP contribution in [0.5, 0.6) is 0 Å². The van der Waals surface area contributed by atoms with Crippen LogP contribution in [-0.4, -0.2) is 17.7 Å². The predicted octanol–water partition coefficient (Wildman–Crippen LogP) is 3.64. The monoisotopic (exact) mass is 393 g/mol. The van der Waals surface area contributed by atoms with E-state index >= 15 is 0 Å². The number of carbonyl (C=O) groups excluding carboxylic acids is 3. The highest BCUT2D eigenvalue weighted by atomic mass is 32.1. The molecule has 0 aliphatic heterocycles. The third-order valence-corrected chi connectivity index (χ3v) is 4.93. The Morgan fingerprint density at radius 1 is 0.786 bits per heavy atom. The zero-order valence-electron chi connectivity index (χ0n) is 15.2. The second-order valence-electron chi connectivity index (χ2n) is 5.97. The summed E-state index contributed by atoms with van der Waals surface area (Å²) in [6, 6.07) is 17.1. The smallest absolute Gasteiger partial charge is 0.269 e. The van der Waals surface area contributed by atoms with Crippen molar-refractivity contribution in [3.8, 4) is 0 Å². The van der Waals surface area contributed by atoms with E-state index in [0.29, 0.717) is 21.7 Å². The van der Waals surface area contributed by atoms with E-state index in [1.54, 1.807) is 48.5 Å². The van der Waals surface area contributed by atoms with Crippen molar-refractivity contribution in [3.63, 3.8) is 0 Å². The number of carbonyl (C=O) groups is 3. The number of hydrazine groups is 1. The van der Waals surface area contributed by atoms with Crippen molar-refractivity contribution in [1.29, 1.82) is 0 Å². The molecule has 0 aliphatic rings. The number of hydrogen-bond acceptors (Lipinski definition) is 4. The Balaban J connectivity index is 1.54. The standard InChI is InChI=1S/C21H19N3O3S/c1-2-14-5-7-15(8-6-14)19(25)23-24-20(26)16-9-11-17(12-10-16)22-21(27)18-4-3-13-28-18/h3-13H,2H2,1H3,(H,22,27)(H,23,25)(H,24,26). The molecule has 0 bridgehead atoms. The van der Waals surface area contributed by atoms with Gasteiger partial charge in [-0.15, -0.1) is 11.3 Å². The van der Waals surface area contributed by atoms with Gasteiger partial charge < -0.3 is 5.32 Å². The van der Waals surface area contributed by atoms with Crippen LogP contribution in [0.2, 0.25) is 0 Å². The SMILES string of the molecule is CCc1ccc(C(=O)NNC(=O)c2ccc(NC(=O)c3cccs3)cc2)cc1. The summed E-state index contributed by atoms with van der Waals surface area (Å²) in [6.45, 7) is 2.04. The maximum atomic E-state index is 12.2. The summed E-state index contributed by atoms with van der Waals surface area (Å²) in [7, 11) is 0. The van der Waals surface area contributed by atoms with Crippen LogP contribution in [0.3, 0.4) is 0 Å². The quantitative estimate of drug-likeness (QED) is 0.579. The Morgan fingerprint density at radius 2 is 1.36 bits per heavy atom. The minimum Gasteiger partial charge on any atom is -0.321 e. The van der Waals surface area contributed by atoms with E-state index in [1.165, 1.54) is 11.3 Å². The first kappa shape index (κ1) is 19.3. The molecule has 142 valence electrons. The molecule has 0 fully saturated rings. The zero-order chi connectivity index (χ0) is 19.9. The molecule has 1 heterocycles. The van der Waals surface area contributed by atoms with Gasteiger partial charge in [0, 0.05) is 16.8 Å². The van der Waals surface area contributed by atoms with Gasteiger partial charge in [0.15, 0.2) is 0 Å². The highest BCUT2D eigenvalue weighted by Crippen LogP contribution is 2.14. The first-order valence-electron chi connectivity index (χ1n) is 8.71. The molecule has 0 radical (unpaired) electrons. The van der Waals surface area contributed by atoms with Crippen LogP contribution in [0.25, 0.3) is 0 Å². The lowest BCUT2D eigenvalue weighted by Gasteiger charge is -2.09. The topological polar surface area (TPSA) is 87.3 Å². The fourth-order valence-electron chi connectivity index (χ4n) is 2.46. The number of hydrogen-bond donors (Lipinski definition) is 3. The predicted molar refractivity (Wildman–Crippen MR) is 109 cm³/mol. The van der Waals surface area contributed by atoms with Crippen LogP contribution >= 0.6 is 11.3 Å². The largest absolute Gasteiger partial charge is 0.321 e. The van der Waals surface area contributed by atoms with Gasteiger partial charge in [-0.25, -0.2) is 0 Å². The lowest BCUT2D eigenvalue weighted by molar-refractivity contribution is 0.0846. The molecule has 28 heavy (non-hydrogen) atoms. The second kappa shape index (κ2) is 8.96. The van der Waals surface area contributed by atoms with Crippen LogP contribution in [-0.2, 0) is 6.42 Å². The number of aryl methyl sites for hydroxylation is 1. The van der Waals surface area contributed by atoms with Gasteiger partial charge in [-0.3, -0.25) is 25.2 Å². The van der Waals surface area contributed by atoms with Crippen LogP contribution in [0.1, 0.15) is 42.9 Å². The molecular weight excluding hydrogens is 374 g/mol. The van der Waals surface area contributed by atoms with Crippen LogP contribution < -0.4 is 16.2 Å². The Kier molecular flexibility index (Phi) is 6.18. The van der Waals surface area contributed by atoms with Gasteiger partial charge >= 0.3 is 0 Å². The van der Waals surface area contributed by atoms with Gasteiger partial charge in [-0.1, -0.05) is 25.1 Å². The number of rotatable bonds is 5. The molecule has 3 N–H and O–H groups in total. The molecule has 2 aromatic carbocycles. The van der Waals surface area contributed by atoms with Gasteiger partial charge in [-0.05, 0) is 59.8 Å².